The highest BCUT2D eigenvalue weighted by atomic mass is 35.5. The van der Waals surface area contributed by atoms with Crippen molar-refractivity contribution in [1.82, 2.24) is 15.3 Å². The Morgan fingerprint density at radius 1 is 1.03 bits per heavy atom. The average Bonchev–Trinajstić information content (AvgIpc) is 2.76. The lowest BCUT2D eigenvalue weighted by Gasteiger charge is -2.10. The Kier molecular flexibility index (Phi) is 5.45. The van der Waals surface area contributed by atoms with Crippen LogP contribution in [-0.2, 0) is 0 Å². The third-order valence-corrected chi connectivity index (χ3v) is 4.57. The number of halogens is 2. The Hall–Kier alpha value is -3.71. The predicted molar refractivity (Wildman–Crippen MR) is 114 cm³/mol. The molecule has 2 aromatic carbocycles. The molecule has 0 radical (unpaired) electrons. The number of carbonyl (C=O) groups is 1. The second kappa shape index (κ2) is 8.34. The fourth-order valence-electron chi connectivity index (χ4n) is 2.82. The molecule has 0 aliphatic rings. The zero-order chi connectivity index (χ0) is 21.1. The number of carbonyl (C=O) groups excluding carboxylic acids is 1. The molecule has 0 aliphatic heterocycles. The highest BCUT2D eigenvalue weighted by molar-refractivity contribution is 6.31. The fourth-order valence-corrected chi connectivity index (χ4v) is 3.00. The molecule has 2 aromatic heterocycles. The van der Waals surface area contributed by atoms with E-state index < -0.39 is 5.82 Å². The normalized spacial score (nSPS) is 10.6. The Morgan fingerprint density at radius 2 is 1.87 bits per heavy atom. The van der Waals surface area contributed by atoms with Crippen molar-refractivity contribution in [3.05, 3.63) is 83.4 Å². The Bertz CT molecular complexity index is 1250. The van der Waals surface area contributed by atoms with E-state index in [1.165, 1.54) is 18.3 Å². The van der Waals surface area contributed by atoms with Crippen molar-refractivity contribution in [1.29, 1.82) is 0 Å². The molecule has 30 heavy (non-hydrogen) atoms. The molecule has 0 fully saturated rings. The molecule has 0 unspecified atom stereocenters. The number of ether oxygens (including phenoxy) is 1. The third kappa shape index (κ3) is 4.31. The number of hydrogen-bond acceptors (Lipinski definition) is 5. The second-order valence-corrected chi connectivity index (χ2v) is 6.77. The highest BCUT2D eigenvalue weighted by Crippen LogP contribution is 2.27. The van der Waals surface area contributed by atoms with Gasteiger partial charge in [-0.05, 0) is 54.6 Å². The number of nitrogens with one attached hydrogen (secondary N) is 2. The minimum Gasteiger partial charge on any atom is -0.457 e. The minimum atomic E-state index is -0.474. The van der Waals surface area contributed by atoms with Crippen LogP contribution in [0.5, 0.6) is 11.5 Å². The summed E-state index contributed by atoms with van der Waals surface area (Å²) in [6.45, 7) is 0. The van der Waals surface area contributed by atoms with Crippen LogP contribution in [0.2, 0.25) is 5.02 Å². The molecular formula is C22H16ClFN4O2. The number of hydrogen-bond donors (Lipinski definition) is 2. The molecule has 0 saturated heterocycles. The molecule has 2 N–H and O–H groups in total. The number of anilines is 2. The first-order chi connectivity index (χ1) is 14.5. The van der Waals surface area contributed by atoms with Crippen LogP contribution in [0.1, 0.15) is 10.5 Å². The van der Waals surface area contributed by atoms with E-state index in [0.717, 1.165) is 10.9 Å². The number of amides is 1. The van der Waals surface area contributed by atoms with Gasteiger partial charge in [-0.15, -0.1) is 0 Å². The lowest BCUT2D eigenvalue weighted by molar-refractivity contribution is 0.0958. The van der Waals surface area contributed by atoms with E-state index in [-0.39, 0.29) is 16.6 Å². The minimum absolute atomic E-state index is 0.0401. The van der Waals surface area contributed by atoms with Crippen LogP contribution in [0.4, 0.5) is 15.9 Å². The smallest absolute Gasteiger partial charge is 0.269 e. The zero-order valence-electron chi connectivity index (χ0n) is 15.8. The molecule has 4 rings (SSSR count). The van der Waals surface area contributed by atoms with Gasteiger partial charge < -0.3 is 15.4 Å². The summed E-state index contributed by atoms with van der Waals surface area (Å²) in [4.78, 5) is 20.3. The van der Waals surface area contributed by atoms with E-state index in [1.807, 2.05) is 18.2 Å². The van der Waals surface area contributed by atoms with E-state index >= 15 is 0 Å². The van der Waals surface area contributed by atoms with Gasteiger partial charge in [-0.3, -0.25) is 9.78 Å². The SMILES string of the molecule is CNC(=O)c1cc(Oc2ccc3nc(Nc4ccc(F)c(Cl)c4)ccc3c2)ccn1. The van der Waals surface area contributed by atoms with Crippen LogP contribution in [0.25, 0.3) is 10.9 Å². The quantitative estimate of drug-likeness (QED) is 0.455. The van der Waals surface area contributed by atoms with Crippen molar-refractivity contribution >= 4 is 39.9 Å². The lowest BCUT2D eigenvalue weighted by Crippen LogP contribution is -2.18. The van der Waals surface area contributed by atoms with Gasteiger partial charge in [-0.25, -0.2) is 9.37 Å². The lowest BCUT2D eigenvalue weighted by atomic mass is 10.2. The maximum Gasteiger partial charge on any atom is 0.269 e. The van der Waals surface area contributed by atoms with Gasteiger partial charge in [-0.1, -0.05) is 11.6 Å². The molecule has 4 aromatic rings. The molecule has 8 heteroatoms. The summed E-state index contributed by atoms with van der Waals surface area (Å²) in [6, 6.07) is 16.8. The largest absolute Gasteiger partial charge is 0.457 e. The zero-order valence-corrected chi connectivity index (χ0v) is 16.6. The van der Waals surface area contributed by atoms with Crippen LogP contribution in [0, 0.1) is 5.82 Å². The van der Waals surface area contributed by atoms with E-state index in [1.54, 1.807) is 37.4 Å². The molecule has 0 bridgehead atoms. The number of nitrogens with zero attached hydrogens (tertiary/aromatic N) is 2. The molecule has 150 valence electrons. The van der Waals surface area contributed by atoms with E-state index in [2.05, 4.69) is 20.6 Å². The van der Waals surface area contributed by atoms with Gasteiger partial charge in [0.25, 0.3) is 5.91 Å². The van der Waals surface area contributed by atoms with Crippen LogP contribution in [0.15, 0.2) is 66.9 Å². The molecule has 0 saturated carbocycles. The van der Waals surface area contributed by atoms with Gasteiger partial charge >= 0.3 is 0 Å². The Labute approximate surface area is 176 Å². The van der Waals surface area contributed by atoms with Gasteiger partial charge in [0, 0.05) is 30.4 Å². The number of rotatable bonds is 5. The molecule has 2 heterocycles. The number of aromatic nitrogens is 2. The summed E-state index contributed by atoms with van der Waals surface area (Å²) in [5, 5.41) is 6.54. The van der Waals surface area contributed by atoms with Gasteiger partial charge in [0.15, 0.2) is 0 Å². The third-order valence-electron chi connectivity index (χ3n) is 4.28. The van der Waals surface area contributed by atoms with Crippen molar-refractivity contribution in [3.8, 4) is 11.5 Å². The topological polar surface area (TPSA) is 76.1 Å². The molecule has 6 nitrogen and oxygen atoms in total. The molecule has 1 amide bonds. The first-order valence-electron chi connectivity index (χ1n) is 9.01. The summed E-state index contributed by atoms with van der Waals surface area (Å²) in [6.07, 6.45) is 1.52. The predicted octanol–water partition coefficient (Wildman–Crippen LogP) is 5.32. The van der Waals surface area contributed by atoms with Crippen LogP contribution in [-0.4, -0.2) is 22.9 Å². The van der Waals surface area contributed by atoms with Crippen molar-refractivity contribution in [3.63, 3.8) is 0 Å². The first kappa shape index (κ1) is 19.6. The van der Waals surface area contributed by atoms with Crippen molar-refractivity contribution in [2.45, 2.75) is 0 Å². The molecule has 0 spiro atoms. The van der Waals surface area contributed by atoms with E-state index in [4.69, 9.17) is 16.3 Å². The standard InChI is InChI=1S/C22H16ClFN4O2/c1-25-22(29)20-12-16(8-9-26-20)30-15-4-6-19-13(10-15)2-7-21(28-19)27-14-3-5-18(24)17(23)11-14/h2-12H,1H3,(H,25,29)(H,27,28). The number of pyridine rings is 2. The van der Waals surface area contributed by atoms with E-state index in [0.29, 0.717) is 23.0 Å². The van der Waals surface area contributed by atoms with E-state index in [9.17, 15) is 9.18 Å². The Balaban J connectivity index is 1.54. The van der Waals surface area contributed by atoms with Crippen LogP contribution < -0.4 is 15.4 Å². The monoisotopic (exact) mass is 422 g/mol. The summed E-state index contributed by atoms with van der Waals surface area (Å²) in [5.41, 5.74) is 1.66. The number of fused-ring (bicyclic) bond motifs is 1. The summed E-state index contributed by atoms with van der Waals surface area (Å²) in [7, 11) is 1.54. The van der Waals surface area contributed by atoms with Gasteiger partial charge in [0.2, 0.25) is 0 Å². The number of benzene rings is 2. The van der Waals surface area contributed by atoms with Crippen molar-refractivity contribution in [2.24, 2.45) is 0 Å². The van der Waals surface area contributed by atoms with Crippen molar-refractivity contribution < 1.29 is 13.9 Å². The summed E-state index contributed by atoms with van der Waals surface area (Å²) < 4.78 is 19.2. The summed E-state index contributed by atoms with van der Waals surface area (Å²) in [5.74, 6) is 0.943. The molecule has 0 aliphatic carbocycles. The first-order valence-corrected chi connectivity index (χ1v) is 9.38. The fraction of sp³-hybridized carbons (Fsp3) is 0.0455. The Morgan fingerprint density at radius 3 is 2.67 bits per heavy atom. The van der Waals surface area contributed by atoms with Gasteiger partial charge in [-0.2, -0.15) is 0 Å². The molecule has 0 atom stereocenters. The highest BCUT2D eigenvalue weighted by Gasteiger charge is 2.08. The maximum atomic E-state index is 13.3. The average molecular weight is 423 g/mol. The second-order valence-electron chi connectivity index (χ2n) is 6.36. The van der Waals surface area contributed by atoms with Crippen LogP contribution in [0.3, 0.4) is 0 Å². The summed E-state index contributed by atoms with van der Waals surface area (Å²) >= 11 is 5.82. The van der Waals surface area contributed by atoms with Gasteiger partial charge in [0.1, 0.15) is 28.8 Å². The molecular weight excluding hydrogens is 407 g/mol. The van der Waals surface area contributed by atoms with Crippen LogP contribution >= 0.6 is 11.6 Å². The van der Waals surface area contributed by atoms with Crippen molar-refractivity contribution in [2.75, 3.05) is 12.4 Å². The van der Waals surface area contributed by atoms with Gasteiger partial charge in [0.05, 0.1) is 10.5 Å². The maximum absolute atomic E-state index is 13.3.